The fourth-order valence-electron chi connectivity index (χ4n) is 8.70. The van der Waals surface area contributed by atoms with E-state index < -0.39 is 88.4 Å². The van der Waals surface area contributed by atoms with Crippen LogP contribution in [0.25, 0.3) is 0 Å². The van der Waals surface area contributed by atoms with Gasteiger partial charge in [-0.05, 0) is 78.8 Å². The summed E-state index contributed by atoms with van der Waals surface area (Å²) in [5.74, 6) is -5.15. The van der Waals surface area contributed by atoms with Crippen LogP contribution in [0, 0.1) is 29.6 Å². The second-order valence-corrected chi connectivity index (χ2v) is 17.1. The molecule has 3 aliphatic heterocycles. The standard InChI is InChI=1S/C40H61NO10S/c1-12-29-40(8)30(34(37(46)51-40)52-19-18-27-16-14-13-15-17-27)24(4)31(42)22(2)21-39(7,47-11)35(25(5)32(43)26(6)36(45)49-29)50-38-33(44)28(41(9)10)20-23(3)48-38/h13-17,22-26,28-30,33-35,38,44H,12,18-21H2,1-11H3/t22?,23-,24?,25?,26?,28+,29?,30?,33-,34?,35?,38+,39?,40?/m1/s1. The quantitative estimate of drug-likeness (QED) is 0.272. The molecule has 10 unspecified atom stereocenters. The Morgan fingerprint density at radius 3 is 2.21 bits per heavy atom. The van der Waals surface area contributed by atoms with E-state index in [2.05, 4.69) is 0 Å². The monoisotopic (exact) mass is 747 g/mol. The van der Waals surface area contributed by atoms with Crippen LogP contribution in [-0.4, -0.2) is 114 Å². The molecule has 0 aromatic heterocycles. The second-order valence-electron chi connectivity index (χ2n) is 15.8. The van der Waals surface area contributed by atoms with Crippen molar-refractivity contribution in [2.75, 3.05) is 27.0 Å². The third-order valence-corrected chi connectivity index (χ3v) is 13.1. The summed E-state index contributed by atoms with van der Waals surface area (Å²) in [5.41, 5.74) is -1.42. The number of thioether (sulfide) groups is 1. The Kier molecular flexibility index (Phi) is 14.2. The molecular weight excluding hydrogens is 687 g/mol. The number of rotatable bonds is 9. The number of cyclic esters (lactones) is 1. The molecular formula is C40H61NO10S. The van der Waals surface area contributed by atoms with Gasteiger partial charge in [-0.2, -0.15) is 0 Å². The zero-order chi connectivity index (χ0) is 38.7. The molecule has 0 saturated carbocycles. The number of ether oxygens (including phenoxy) is 5. The number of fused-ring (bicyclic) bond motifs is 1. The van der Waals surface area contributed by atoms with Crippen LogP contribution < -0.4 is 0 Å². The number of methoxy groups -OCH3 is 1. The zero-order valence-electron chi connectivity index (χ0n) is 32.8. The maximum atomic E-state index is 14.6. The molecule has 14 atom stereocenters. The molecule has 0 spiro atoms. The van der Waals surface area contributed by atoms with Gasteiger partial charge in [0.15, 0.2) is 17.7 Å². The summed E-state index contributed by atoms with van der Waals surface area (Å²) in [4.78, 5) is 58.4. The van der Waals surface area contributed by atoms with E-state index in [1.165, 1.54) is 25.8 Å². The number of aryl methyl sites for hydroxylation is 1. The van der Waals surface area contributed by atoms with Crippen molar-refractivity contribution in [3.05, 3.63) is 35.9 Å². The maximum Gasteiger partial charge on any atom is 0.320 e. The van der Waals surface area contributed by atoms with Crippen molar-refractivity contribution < 1.29 is 48.0 Å². The summed E-state index contributed by atoms with van der Waals surface area (Å²) >= 11 is 1.46. The van der Waals surface area contributed by atoms with Crippen molar-refractivity contribution in [1.82, 2.24) is 4.90 Å². The van der Waals surface area contributed by atoms with Crippen molar-refractivity contribution in [3.63, 3.8) is 0 Å². The van der Waals surface area contributed by atoms with Crippen molar-refractivity contribution in [3.8, 4) is 0 Å². The predicted octanol–water partition coefficient (Wildman–Crippen LogP) is 4.89. The lowest BCUT2D eigenvalue weighted by Crippen LogP contribution is -2.59. The van der Waals surface area contributed by atoms with E-state index in [4.69, 9.17) is 23.7 Å². The van der Waals surface area contributed by atoms with Gasteiger partial charge in [0, 0.05) is 36.8 Å². The average Bonchev–Trinajstić information content (AvgIpc) is 3.37. The Morgan fingerprint density at radius 2 is 1.62 bits per heavy atom. The molecule has 12 heteroatoms. The van der Waals surface area contributed by atoms with Gasteiger partial charge in [-0.25, -0.2) is 0 Å². The Morgan fingerprint density at radius 1 is 0.962 bits per heavy atom. The molecule has 3 aliphatic rings. The summed E-state index contributed by atoms with van der Waals surface area (Å²) in [5, 5.41) is 10.7. The molecule has 0 aliphatic carbocycles. The fourth-order valence-corrected chi connectivity index (χ4v) is 10.2. The third kappa shape index (κ3) is 8.78. The van der Waals surface area contributed by atoms with Gasteiger partial charge < -0.3 is 33.7 Å². The highest BCUT2D eigenvalue weighted by Gasteiger charge is 2.61. The van der Waals surface area contributed by atoms with E-state index in [0.717, 1.165) is 12.0 Å². The summed E-state index contributed by atoms with van der Waals surface area (Å²) in [6.45, 7) is 14.1. The number of likely N-dealkylation sites (N-methyl/N-ethyl adjacent to an activating group) is 1. The Balaban J connectivity index is 1.74. The number of carbonyl (C=O) groups excluding carboxylic acids is 4. The first-order valence-corrected chi connectivity index (χ1v) is 19.8. The molecule has 292 valence electrons. The van der Waals surface area contributed by atoms with Crippen molar-refractivity contribution >= 4 is 35.3 Å². The molecule has 1 aromatic carbocycles. The molecule has 11 nitrogen and oxygen atoms in total. The molecule has 0 radical (unpaired) electrons. The van der Waals surface area contributed by atoms with Crippen LogP contribution in [0.1, 0.15) is 80.2 Å². The number of aliphatic hydroxyl groups is 1. The molecule has 0 amide bonds. The molecule has 1 N–H and O–H groups in total. The van der Waals surface area contributed by atoms with Gasteiger partial charge in [0.1, 0.15) is 29.2 Å². The van der Waals surface area contributed by atoms with Crippen molar-refractivity contribution in [2.45, 2.75) is 134 Å². The predicted molar refractivity (Wildman–Crippen MR) is 199 cm³/mol. The van der Waals surface area contributed by atoms with Crippen LogP contribution in [0.5, 0.6) is 0 Å². The van der Waals surface area contributed by atoms with Gasteiger partial charge in [-0.15, -0.1) is 11.8 Å². The van der Waals surface area contributed by atoms with Gasteiger partial charge in [0.25, 0.3) is 0 Å². The highest BCUT2D eigenvalue weighted by atomic mass is 32.2. The SMILES string of the molecule is CCC1OC(=O)C(C)C(=O)C(C)C(O[C@@H]2O[C@H](C)C[C@H](N(C)C)[C@H]2O)C(C)(OC)CC(C)C(=O)C(C)C2C(SCCc3ccccc3)C(=O)OC12C. The van der Waals surface area contributed by atoms with Crippen LogP contribution >= 0.6 is 11.8 Å². The van der Waals surface area contributed by atoms with E-state index >= 15 is 0 Å². The summed E-state index contributed by atoms with van der Waals surface area (Å²) in [6.07, 6.45) is -2.54. The lowest BCUT2D eigenvalue weighted by molar-refractivity contribution is -0.295. The van der Waals surface area contributed by atoms with Crippen LogP contribution in [0.15, 0.2) is 30.3 Å². The van der Waals surface area contributed by atoms with Gasteiger partial charge in [-0.1, -0.05) is 58.0 Å². The van der Waals surface area contributed by atoms with Crippen LogP contribution in [0.4, 0.5) is 0 Å². The molecule has 4 rings (SSSR count). The van der Waals surface area contributed by atoms with Gasteiger partial charge >= 0.3 is 11.9 Å². The van der Waals surface area contributed by atoms with Crippen molar-refractivity contribution in [2.24, 2.45) is 29.6 Å². The number of Topliss-reactive ketones (excluding diaryl/α,β-unsaturated/α-hetero) is 2. The van der Waals surface area contributed by atoms with Crippen LogP contribution in [0.3, 0.4) is 0 Å². The number of nitrogens with zero attached hydrogens (tertiary/aromatic N) is 1. The van der Waals surface area contributed by atoms with Gasteiger partial charge in [-0.3, -0.25) is 19.2 Å². The lowest BCUT2D eigenvalue weighted by atomic mass is 9.70. The van der Waals surface area contributed by atoms with Crippen LogP contribution in [0.2, 0.25) is 0 Å². The number of ketones is 2. The highest BCUT2D eigenvalue weighted by Crippen LogP contribution is 2.49. The van der Waals surface area contributed by atoms with Gasteiger partial charge in [0.2, 0.25) is 0 Å². The molecule has 3 fully saturated rings. The second kappa shape index (κ2) is 17.4. The van der Waals surface area contributed by atoms with E-state index in [1.807, 2.05) is 77.0 Å². The number of hydrogen-bond donors (Lipinski definition) is 1. The summed E-state index contributed by atoms with van der Waals surface area (Å²) in [6, 6.07) is 9.71. The zero-order valence-corrected chi connectivity index (χ0v) is 33.6. The summed E-state index contributed by atoms with van der Waals surface area (Å²) in [7, 11) is 5.26. The fraction of sp³-hybridized carbons (Fsp3) is 0.750. The minimum absolute atomic E-state index is 0.106. The average molecular weight is 748 g/mol. The first-order chi connectivity index (χ1) is 24.4. The topological polar surface area (TPSA) is 138 Å². The molecule has 3 saturated heterocycles. The number of hydrogen-bond acceptors (Lipinski definition) is 12. The number of carbonyl (C=O) groups is 4. The van der Waals surface area contributed by atoms with E-state index in [9.17, 15) is 24.3 Å². The highest BCUT2D eigenvalue weighted by molar-refractivity contribution is 8.00. The molecule has 3 heterocycles. The lowest BCUT2D eigenvalue weighted by Gasteiger charge is -2.47. The van der Waals surface area contributed by atoms with E-state index in [-0.39, 0.29) is 24.3 Å². The molecule has 1 aromatic rings. The van der Waals surface area contributed by atoms with E-state index in [0.29, 0.717) is 18.6 Å². The number of benzene rings is 1. The Labute approximate surface area is 314 Å². The minimum Gasteiger partial charge on any atom is -0.458 e. The number of aliphatic hydroxyl groups excluding tert-OH is 1. The first kappa shape index (κ1) is 42.4. The van der Waals surface area contributed by atoms with Crippen LogP contribution in [-0.2, 0) is 49.3 Å². The summed E-state index contributed by atoms with van der Waals surface area (Å²) < 4.78 is 31.2. The normalized spacial score (nSPS) is 40.9. The largest absolute Gasteiger partial charge is 0.458 e. The van der Waals surface area contributed by atoms with E-state index in [1.54, 1.807) is 20.8 Å². The molecule has 0 bridgehead atoms. The van der Waals surface area contributed by atoms with Gasteiger partial charge in [0.05, 0.1) is 17.8 Å². The first-order valence-electron chi connectivity index (χ1n) is 18.8. The number of esters is 2. The third-order valence-electron chi connectivity index (χ3n) is 11.8. The smallest absolute Gasteiger partial charge is 0.320 e. The maximum absolute atomic E-state index is 14.6. The molecule has 52 heavy (non-hydrogen) atoms. The van der Waals surface area contributed by atoms with Crippen molar-refractivity contribution in [1.29, 1.82) is 0 Å². The Hall–Kier alpha value is -2.35. The Bertz CT molecular complexity index is 1410. The minimum atomic E-state index is -1.32.